The largest absolute Gasteiger partial charge is 0.465 e. The molecule has 1 N–H and O–H groups in total. The highest BCUT2D eigenvalue weighted by atomic mass is 32.2. The van der Waals surface area contributed by atoms with Crippen molar-refractivity contribution in [2.75, 3.05) is 23.8 Å². The minimum Gasteiger partial charge on any atom is -0.465 e. The van der Waals surface area contributed by atoms with Crippen LogP contribution >= 0.6 is 0 Å². The molecule has 3 aromatic carbocycles. The predicted molar refractivity (Wildman–Crippen MR) is 116 cm³/mol. The molecule has 0 saturated heterocycles. The Morgan fingerprint density at radius 2 is 1.48 bits per heavy atom. The van der Waals surface area contributed by atoms with Crippen LogP contribution in [0.1, 0.15) is 10.4 Å². The number of carbonyl (C=O) groups excluding carboxylic acids is 2. The number of anilines is 2. The van der Waals surface area contributed by atoms with Crippen molar-refractivity contribution < 1.29 is 27.5 Å². The summed E-state index contributed by atoms with van der Waals surface area (Å²) in [4.78, 5) is 25.3. The van der Waals surface area contributed by atoms with E-state index in [1.54, 1.807) is 37.4 Å². The van der Waals surface area contributed by atoms with E-state index >= 15 is 0 Å². The van der Waals surface area contributed by atoms with Crippen molar-refractivity contribution in [3.05, 3.63) is 84.4 Å². The van der Waals surface area contributed by atoms with Gasteiger partial charge in [0.1, 0.15) is 10.6 Å². The van der Waals surface area contributed by atoms with Crippen LogP contribution in [-0.4, -0.2) is 34.6 Å². The number of amides is 1. The van der Waals surface area contributed by atoms with Crippen molar-refractivity contribution in [1.29, 1.82) is 0 Å². The van der Waals surface area contributed by atoms with Gasteiger partial charge in [-0.15, -0.1) is 0 Å². The molecule has 0 heterocycles. The van der Waals surface area contributed by atoms with Gasteiger partial charge in [0.05, 0.1) is 12.7 Å². The van der Waals surface area contributed by atoms with Crippen molar-refractivity contribution in [3.63, 3.8) is 0 Å². The maximum Gasteiger partial charge on any atom is 0.419 e. The Hall–Kier alpha value is -3.85. The van der Waals surface area contributed by atoms with Gasteiger partial charge in [-0.1, -0.05) is 30.3 Å². The summed E-state index contributed by atoms with van der Waals surface area (Å²) in [6.45, 7) is 0. The van der Waals surface area contributed by atoms with Crippen LogP contribution in [0.25, 0.3) is 0 Å². The lowest BCUT2D eigenvalue weighted by atomic mass is 10.2. The number of benzene rings is 3. The molecule has 0 bridgehead atoms. The summed E-state index contributed by atoms with van der Waals surface area (Å²) in [7, 11) is -1.29. The van der Waals surface area contributed by atoms with E-state index in [-0.39, 0.29) is 21.9 Å². The van der Waals surface area contributed by atoms with Crippen LogP contribution in [0.5, 0.6) is 5.75 Å². The van der Waals surface area contributed by atoms with Crippen LogP contribution < -0.4 is 14.4 Å². The monoisotopic (exact) mass is 440 g/mol. The zero-order valence-electron chi connectivity index (χ0n) is 16.8. The summed E-state index contributed by atoms with van der Waals surface area (Å²) in [5.41, 5.74) is 0.823. The molecule has 31 heavy (non-hydrogen) atoms. The SMILES string of the molecule is COC(=O)c1ccccc1S(=O)(=O)Nc1ccc(OC(=O)N(C)c2ccccc2)cc1. The van der Waals surface area contributed by atoms with Crippen LogP contribution in [0.4, 0.5) is 16.2 Å². The van der Waals surface area contributed by atoms with Crippen molar-refractivity contribution in [1.82, 2.24) is 0 Å². The van der Waals surface area contributed by atoms with Crippen LogP contribution in [-0.2, 0) is 14.8 Å². The first kappa shape index (κ1) is 21.8. The smallest absolute Gasteiger partial charge is 0.419 e. The summed E-state index contributed by atoms with van der Waals surface area (Å²) >= 11 is 0. The number of methoxy groups -OCH3 is 1. The number of para-hydroxylation sites is 1. The summed E-state index contributed by atoms with van der Waals surface area (Å²) < 4.78 is 37.8. The summed E-state index contributed by atoms with van der Waals surface area (Å²) in [6.07, 6.45) is -0.591. The van der Waals surface area contributed by atoms with E-state index in [2.05, 4.69) is 9.46 Å². The molecule has 0 radical (unpaired) electrons. The number of carbonyl (C=O) groups is 2. The number of nitrogens with zero attached hydrogens (tertiary/aromatic N) is 1. The van der Waals surface area contributed by atoms with E-state index in [1.165, 1.54) is 54.5 Å². The number of esters is 1. The Kier molecular flexibility index (Phi) is 6.56. The topological polar surface area (TPSA) is 102 Å². The Balaban J connectivity index is 1.72. The van der Waals surface area contributed by atoms with E-state index in [1.807, 2.05) is 6.07 Å². The number of hydrogen-bond donors (Lipinski definition) is 1. The van der Waals surface area contributed by atoms with E-state index in [9.17, 15) is 18.0 Å². The molecular formula is C22H20N2O6S. The Morgan fingerprint density at radius 3 is 2.13 bits per heavy atom. The van der Waals surface area contributed by atoms with Crippen LogP contribution in [0.3, 0.4) is 0 Å². The number of rotatable bonds is 6. The average molecular weight is 440 g/mol. The molecule has 3 rings (SSSR count). The third kappa shape index (κ3) is 5.20. The Bertz CT molecular complexity index is 1180. The molecule has 1 amide bonds. The number of nitrogens with one attached hydrogen (secondary N) is 1. The van der Waals surface area contributed by atoms with Gasteiger partial charge in [0.15, 0.2) is 0 Å². The van der Waals surface area contributed by atoms with Crippen LogP contribution in [0, 0.1) is 0 Å². The predicted octanol–water partition coefficient (Wildman–Crippen LogP) is 3.91. The van der Waals surface area contributed by atoms with E-state index in [4.69, 9.17) is 4.74 Å². The molecule has 0 fully saturated rings. The molecule has 9 heteroatoms. The van der Waals surface area contributed by atoms with Gasteiger partial charge < -0.3 is 9.47 Å². The molecule has 0 spiro atoms. The van der Waals surface area contributed by atoms with Gasteiger partial charge in [-0.3, -0.25) is 9.62 Å². The molecule has 0 aliphatic rings. The number of hydrogen-bond acceptors (Lipinski definition) is 6. The number of sulfonamides is 1. The van der Waals surface area contributed by atoms with Gasteiger partial charge in [-0.05, 0) is 48.5 Å². The van der Waals surface area contributed by atoms with Gasteiger partial charge in [-0.2, -0.15) is 0 Å². The summed E-state index contributed by atoms with van der Waals surface area (Å²) in [6, 6.07) is 20.5. The highest BCUT2D eigenvalue weighted by Gasteiger charge is 2.23. The van der Waals surface area contributed by atoms with E-state index < -0.39 is 22.1 Å². The first-order valence-corrected chi connectivity index (χ1v) is 10.6. The fourth-order valence-electron chi connectivity index (χ4n) is 2.71. The van der Waals surface area contributed by atoms with Crippen molar-refractivity contribution in [2.45, 2.75) is 4.90 Å². The first-order valence-electron chi connectivity index (χ1n) is 9.12. The molecule has 0 atom stereocenters. The molecule has 0 aliphatic carbocycles. The van der Waals surface area contributed by atoms with Gasteiger partial charge in [0.2, 0.25) is 0 Å². The minimum absolute atomic E-state index is 0.0769. The second-order valence-electron chi connectivity index (χ2n) is 6.38. The molecule has 3 aromatic rings. The first-order chi connectivity index (χ1) is 14.8. The second kappa shape index (κ2) is 9.31. The van der Waals surface area contributed by atoms with Gasteiger partial charge in [-0.25, -0.2) is 18.0 Å². The molecule has 0 saturated carbocycles. The molecular weight excluding hydrogens is 420 g/mol. The Morgan fingerprint density at radius 1 is 0.871 bits per heavy atom. The fourth-order valence-corrected chi connectivity index (χ4v) is 3.96. The molecule has 0 aliphatic heterocycles. The van der Waals surface area contributed by atoms with E-state index in [0.29, 0.717) is 5.69 Å². The Labute approximate surface area is 180 Å². The third-order valence-electron chi connectivity index (χ3n) is 4.31. The minimum atomic E-state index is -4.05. The standard InChI is InChI=1S/C22H20N2O6S/c1-24(17-8-4-3-5-9-17)22(26)30-18-14-12-16(13-15-18)23-31(27,28)20-11-7-6-10-19(20)21(25)29-2/h3-15,23H,1-2H3. The zero-order valence-corrected chi connectivity index (χ0v) is 17.6. The highest BCUT2D eigenvalue weighted by Crippen LogP contribution is 2.23. The maximum atomic E-state index is 12.7. The van der Waals surface area contributed by atoms with E-state index in [0.717, 1.165) is 0 Å². The second-order valence-corrected chi connectivity index (χ2v) is 8.03. The fraction of sp³-hybridized carbons (Fsp3) is 0.0909. The zero-order chi connectivity index (χ0) is 22.4. The molecule has 160 valence electrons. The summed E-state index contributed by atoms with van der Waals surface area (Å²) in [5.74, 6) is -0.517. The van der Waals surface area contributed by atoms with Crippen molar-refractivity contribution in [2.24, 2.45) is 0 Å². The third-order valence-corrected chi connectivity index (χ3v) is 5.75. The highest BCUT2D eigenvalue weighted by molar-refractivity contribution is 7.92. The van der Waals surface area contributed by atoms with Crippen molar-refractivity contribution in [3.8, 4) is 5.75 Å². The molecule has 0 unspecified atom stereocenters. The lowest BCUT2D eigenvalue weighted by Crippen LogP contribution is -2.29. The maximum absolute atomic E-state index is 12.7. The van der Waals surface area contributed by atoms with Gasteiger partial charge in [0, 0.05) is 18.4 Å². The lowest BCUT2D eigenvalue weighted by molar-refractivity contribution is 0.0596. The van der Waals surface area contributed by atoms with Crippen LogP contribution in [0.2, 0.25) is 0 Å². The molecule has 8 nitrogen and oxygen atoms in total. The quantitative estimate of drug-likeness (QED) is 0.583. The van der Waals surface area contributed by atoms with Crippen molar-refractivity contribution >= 4 is 33.5 Å². The van der Waals surface area contributed by atoms with Gasteiger partial charge in [0.25, 0.3) is 10.0 Å². The molecule has 0 aromatic heterocycles. The number of ether oxygens (including phenoxy) is 2. The summed E-state index contributed by atoms with van der Waals surface area (Å²) in [5, 5.41) is 0. The normalized spacial score (nSPS) is 10.8. The lowest BCUT2D eigenvalue weighted by Gasteiger charge is -2.17. The van der Waals surface area contributed by atoms with Gasteiger partial charge >= 0.3 is 12.1 Å². The average Bonchev–Trinajstić information content (AvgIpc) is 2.79. The van der Waals surface area contributed by atoms with Crippen LogP contribution in [0.15, 0.2) is 83.8 Å².